The van der Waals surface area contributed by atoms with E-state index in [0.717, 1.165) is 16.5 Å². The highest BCUT2D eigenvalue weighted by molar-refractivity contribution is 9.10. The molecule has 1 aromatic carbocycles. The minimum atomic E-state index is -0.255. The fourth-order valence-electron chi connectivity index (χ4n) is 4.49. The molecule has 138 valence electrons. The lowest BCUT2D eigenvalue weighted by molar-refractivity contribution is -0.129. The molecule has 26 heavy (non-hydrogen) atoms. The lowest BCUT2D eigenvalue weighted by Crippen LogP contribution is -2.41. The van der Waals surface area contributed by atoms with Crippen molar-refractivity contribution in [2.75, 3.05) is 24.7 Å². The van der Waals surface area contributed by atoms with Gasteiger partial charge in [-0.25, -0.2) is 0 Å². The van der Waals surface area contributed by atoms with Gasteiger partial charge in [0, 0.05) is 41.3 Å². The summed E-state index contributed by atoms with van der Waals surface area (Å²) in [5.74, 6) is 0.532. The van der Waals surface area contributed by atoms with E-state index in [9.17, 15) is 4.79 Å². The number of fused-ring (bicyclic) bond motifs is 4. The number of carbonyl (C=O) groups is 1. The van der Waals surface area contributed by atoms with Crippen molar-refractivity contribution in [3.8, 4) is 0 Å². The number of allylic oxidation sites excluding steroid dienone is 2. The van der Waals surface area contributed by atoms with Gasteiger partial charge in [0.05, 0.1) is 12.6 Å². The van der Waals surface area contributed by atoms with Crippen molar-refractivity contribution in [3.05, 3.63) is 51.5 Å². The van der Waals surface area contributed by atoms with Gasteiger partial charge < -0.3 is 14.4 Å². The van der Waals surface area contributed by atoms with E-state index in [1.807, 2.05) is 19.9 Å². The average Bonchev–Trinajstić information content (AvgIpc) is 3.14. The van der Waals surface area contributed by atoms with Gasteiger partial charge in [-0.3, -0.25) is 4.79 Å². The first-order valence-corrected chi connectivity index (χ1v) is 10.2. The number of anilines is 1. The molecular weight excluding hydrogens is 394 g/mol. The van der Waals surface area contributed by atoms with Crippen molar-refractivity contribution >= 4 is 27.4 Å². The Hall–Kier alpha value is -1.43. The SMILES string of the molecule is CCOC(CN1c2ccc(Br)cc2C2C3=C(C=CC21)C(=O)CC3)OCC. The van der Waals surface area contributed by atoms with Gasteiger partial charge in [-0.2, -0.15) is 0 Å². The van der Waals surface area contributed by atoms with Crippen LogP contribution in [-0.4, -0.2) is 37.9 Å². The molecule has 3 aliphatic rings. The summed E-state index contributed by atoms with van der Waals surface area (Å²) in [6.07, 6.45) is 5.49. The molecule has 0 saturated carbocycles. The van der Waals surface area contributed by atoms with Crippen LogP contribution in [0.2, 0.25) is 0 Å². The van der Waals surface area contributed by atoms with Crippen LogP contribution >= 0.6 is 15.9 Å². The van der Waals surface area contributed by atoms with Crippen LogP contribution in [0.5, 0.6) is 0 Å². The molecule has 0 spiro atoms. The number of ether oxygens (including phenoxy) is 2. The van der Waals surface area contributed by atoms with E-state index < -0.39 is 0 Å². The Balaban J connectivity index is 1.72. The van der Waals surface area contributed by atoms with Crippen LogP contribution in [0, 0.1) is 0 Å². The zero-order valence-electron chi connectivity index (χ0n) is 15.2. The molecular formula is C21H24BrNO3. The third-order valence-corrected chi connectivity index (χ3v) is 5.98. The van der Waals surface area contributed by atoms with Gasteiger partial charge in [-0.05, 0) is 49.6 Å². The molecule has 1 aromatic rings. The Bertz CT molecular complexity index is 779. The minimum Gasteiger partial charge on any atom is -0.359 e. The molecule has 1 heterocycles. The molecule has 0 radical (unpaired) electrons. The van der Waals surface area contributed by atoms with Crippen molar-refractivity contribution in [2.24, 2.45) is 0 Å². The number of hydrogen-bond acceptors (Lipinski definition) is 4. The molecule has 2 unspecified atom stereocenters. The maximum atomic E-state index is 12.2. The van der Waals surface area contributed by atoms with Gasteiger partial charge in [0.15, 0.2) is 12.1 Å². The maximum absolute atomic E-state index is 12.2. The molecule has 5 heteroatoms. The van der Waals surface area contributed by atoms with Gasteiger partial charge in [0.25, 0.3) is 0 Å². The van der Waals surface area contributed by atoms with Gasteiger partial charge in [-0.1, -0.05) is 28.1 Å². The lowest BCUT2D eigenvalue weighted by atomic mass is 9.82. The second-order valence-electron chi connectivity index (χ2n) is 6.89. The summed E-state index contributed by atoms with van der Waals surface area (Å²) in [7, 11) is 0. The number of rotatable bonds is 6. The number of benzene rings is 1. The molecule has 4 nitrogen and oxygen atoms in total. The van der Waals surface area contributed by atoms with Gasteiger partial charge in [0.2, 0.25) is 0 Å². The maximum Gasteiger partial charge on any atom is 0.174 e. The molecule has 2 aliphatic carbocycles. The third-order valence-electron chi connectivity index (χ3n) is 5.49. The zero-order chi connectivity index (χ0) is 18.3. The number of nitrogens with zero attached hydrogens (tertiary/aromatic N) is 1. The van der Waals surface area contributed by atoms with Gasteiger partial charge in [0.1, 0.15) is 0 Å². The molecule has 0 saturated heterocycles. The fourth-order valence-corrected chi connectivity index (χ4v) is 4.87. The molecule has 2 atom stereocenters. The summed E-state index contributed by atoms with van der Waals surface area (Å²) in [6, 6.07) is 6.67. The summed E-state index contributed by atoms with van der Waals surface area (Å²) in [4.78, 5) is 14.6. The molecule has 1 aliphatic heterocycles. The first-order chi connectivity index (χ1) is 12.6. The Kier molecular flexibility index (Phi) is 5.04. The highest BCUT2D eigenvalue weighted by atomic mass is 79.9. The summed E-state index contributed by atoms with van der Waals surface area (Å²) in [6.45, 7) is 5.91. The third kappa shape index (κ3) is 2.96. The zero-order valence-corrected chi connectivity index (χ0v) is 16.8. The van der Waals surface area contributed by atoms with Crippen LogP contribution in [0.3, 0.4) is 0 Å². The largest absolute Gasteiger partial charge is 0.359 e. The molecule has 4 rings (SSSR count). The van der Waals surface area contributed by atoms with E-state index in [-0.39, 0.29) is 24.0 Å². The fraction of sp³-hybridized carbons (Fsp3) is 0.476. The van der Waals surface area contributed by atoms with E-state index >= 15 is 0 Å². The number of carbonyl (C=O) groups excluding carboxylic acids is 1. The van der Waals surface area contributed by atoms with E-state index in [1.54, 1.807) is 0 Å². The van der Waals surface area contributed by atoms with Crippen LogP contribution in [0.25, 0.3) is 0 Å². The summed E-state index contributed by atoms with van der Waals surface area (Å²) in [5.41, 5.74) is 4.74. The molecule has 0 bridgehead atoms. The van der Waals surface area contributed by atoms with Crippen LogP contribution in [-0.2, 0) is 14.3 Å². The van der Waals surface area contributed by atoms with E-state index in [1.165, 1.54) is 16.8 Å². The standard InChI is InChI=1S/C21H24BrNO3/c1-3-25-20(26-4-2)12-23-17-8-5-13(22)11-16(17)21-15-7-10-19(24)14(15)6-9-18(21)23/h5-6,8-9,11,18,20-21H,3-4,7,10,12H2,1-2H3. The Morgan fingerprint density at radius 2 is 2.00 bits per heavy atom. The van der Waals surface area contributed by atoms with E-state index in [2.05, 4.69) is 45.1 Å². The monoisotopic (exact) mass is 417 g/mol. The lowest BCUT2D eigenvalue weighted by Gasteiger charge is -2.33. The second-order valence-corrected chi connectivity index (χ2v) is 7.80. The number of hydrogen-bond donors (Lipinski definition) is 0. The molecule has 0 aromatic heterocycles. The second kappa shape index (κ2) is 7.29. The quantitative estimate of drug-likeness (QED) is 0.644. The highest BCUT2D eigenvalue weighted by Crippen LogP contribution is 2.51. The summed E-state index contributed by atoms with van der Waals surface area (Å²) in [5, 5.41) is 0. The Morgan fingerprint density at radius 3 is 2.73 bits per heavy atom. The first kappa shape index (κ1) is 18.0. The number of ketones is 1. The van der Waals surface area contributed by atoms with Crippen LogP contribution in [0.4, 0.5) is 5.69 Å². The van der Waals surface area contributed by atoms with Crippen LogP contribution in [0.1, 0.15) is 38.2 Å². The van der Waals surface area contributed by atoms with E-state index in [4.69, 9.17) is 9.47 Å². The summed E-state index contributed by atoms with van der Waals surface area (Å²) < 4.78 is 12.7. The normalized spacial score (nSPS) is 23.7. The Labute approximate surface area is 163 Å². The van der Waals surface area contributed by atoms with Crippen molar-refractivity contribution < 1.29 is 14.3 Å². The summed E-state index contributed by atoms with van der Waals surface area (Å²) >= 11 is 3.62. The average molecular weight is 418 g/mol. The van der Waals surface area contributed by atoms with Crippen molar-refractivity contribution in [1.82, 2.24) is 0 Å². The first-order valence-electron chi connectivity index (χ1n) is 9.37. The van der Waals surface area contributed by atoms with Crippen molar-refractivity contribution in [2.45, 2.75) is 44.9 Å². The van der Waals surface area contributed by atoms with Crippen molar-refractivity contribution in [1.29, 1.82) is 0 Å². The topological polar surface area (TPSA) is 38.8 Å². The van der Waals surface area contributed by atoms with Crippen molar-refractivity contribution in [3.63, 3.8) is 0 Å². The molecule has 0 amide bonds. The Morgan fingerprint density at radius 1 is 1.23 bits per heavy atom. The minimum absolute atomic E-state index is 0.215. The van der Waals surface area contributed by atoms with Crippen LogP contribution in [0.15, 0.2) is 46.0 Å². The molecule has 0 N–H and O–H groups in total. The smallest absolute Gasteiger partial charge is 0.174 e. The van der Waals surface area contributed by atoms with Crippen LogP contribution < -0.4 is 4.90 Å². The van der Waals surface area contributed by atoms with E-state index in [0.29, 0.717) is 26.2 Å². The number of halogens is 1. The van der Waals surface area contributed by atoms with Gasteiger partial charge >= 0.3 is 0 Å². The predicted octanol–water partition coefficient (Wildman–Crippen LogP) is 4.35. The predicted molar refractivity (Wildman–Crippen MR) is 105 cm³/mol. The number of Topliss-reactive ketones (excluding diaryl/α,β-unsaturated/α-hetero) is 1. The van der Waals surface area contributed by atoms with Gasteiger partial charge in [-0.15, -0.1) is 0 Å². The highest BCUT2D eigenvalue weighted by Gasteiger charge is 2.44. The molecule has 0 fully saturated rings.